The first-order valence-corrected chi connectivity index (χ1v) is 7.70. The van der Waals surface area contributed by atoms with Crippen LogP contribution in [0.5, 0.6) is 0 Å². The van der Waals surface area contributed by atoms with Crippen LogP contribution in [0.3, 0.4) is 0 Å². The summed E-state index contributed by atoms with van der Waals surface area (Å²) in [5.74, 6) is 0.921. The molecule has 0 saturated heterocycles. The summed E-state index contributed by atoms with van der Waals surface area (Å²) in [5.41, 5.74) is 0.521. The molecule has 1 aromatic rings. The van der Waals surface area contributed by atoms with E-state index in [1.807, 2.05) is 30.2 Å². The first-order chi connectivity index (χ1) is 9.78. The third-order valence-electron chi connectivity index (χ3n) is 4.43. The first kappa shape index (κ1) is 18.3. The lowest BCUT2D eigenvalue weighted by molar-refractivity contribution is 0.131. The van der Waals surface area contributed by atoms with Crippen molar-refractivity contribution in [3.63, 3.8) is 0 Å². The van der Waals surface area contributed by atoms with Crippen molar-refractivity contribution in [3.8, 4) is 0 Å². The Hall–Kier alpha value is -0.790. The largest absolute Gasteiger partial charge is 0.356 e. The van der Waals surface area contributed by atoms with Gasteiger partial charge in [-0.25, -0.2) is 0 Å². The number of nitrogens with one attached hydrogen (secondary N) is 2. The molecule has 0 radical (unpaired) electrons. The highest BCUT2D eigenvalue weighted by Crippen LogP contribution is 2.42. The van der Waals surface area contributed by atoms with E-state index in [9.17, 15) is 0 Å². The molecule has 1 heterocycles. The van der Waals surface area contributed by atoms with Crippen LogP contribution in [0, 0.1) is 5.41 Å². The fourth-order valence-electron chi connectivity index (χ4n) is 2.70. The third kappa shape index (κ3) is 5.48. The molecule has 0 atom stereocenters. The molecule has 5 nitrogen and oxygen atoms in total. The number of halogens is 1. The van der Waals surface area contributed by atoms with Crippen molar-refractivity contribution in [1.82, 2.24) is 20.4 Å². The molecule has 6 heteroatoms. The number of nitrogens with zero attached hydrogens (tertiary/aromatic N) is 3. The van der Waals surface area contributed by atoms with Gasteiger partial charge in [0.25, 0.3) is 0 Å². The van der Waals surface area contributed by atoms with Crippen molar-refractivity contribution in [2.24, 2.45) is 10.4 Å². The molecule has 0 amide bonds. The van der Waals surface area contributed by atoms with Crippen LogP contribution in [0.1, 0.15) is 39.0 Å². The van der Waals surface area contributed by atoms with Gasteiger partial charge in [-0.15, -0.1) is 24.0 Å². The topological polar surface area (TPSA) is 54.2 Å². The Labute approximate surface area is 145 Å². The Bertz CT molecular complexity index is 406. The third-order valence-corrected chi connectivity index (χ3v) is 4.43. The molecule has 2 N–H and O–H groups in total. The van der Waals surface area contributed by atoms with E-state index >= 15 is 0 Å². The van der Waals surface area contributed by atoms with Gasteiger partial charge < -0.3 is 10.6 Å². The minimum Gasteiger partial charge on any atom is -0.356 e. The number of aromatic nitrogens is 2. The van der Waals surface area contributed by atoms with Gasteiger partial charge in [0.15, 0.2) is 5.96 Å². The molecular weight excluding hydrogens is 377 g/mol. The molecule has 0 bridgehead atoms. The predicted octanol–water partition coefficient (Wildman–Crippen LogP) is 2.64. The zero-order chi connectivity index (χ0) is 14.3. The maximum atomic E-state index is 4.29. The molecule has 120 valence electrons. The number of hydrogen-bond acceptors (Lipinski definition) is 2. The van der Waals surface area contributed by atoms with Crippen LogP contribution < -0.4 is 10.6 Å². The summed E-state index contributed by atoms with van der Waals surface area (Å²) < 4.78 is 1.96. The van der Waals surface area contributed by atoms with E-state index in [-0.39, 0.29) is 24.0 Å². The minimum atomic E-state index is 0. The SMILES string of the molecule is CCC1(CNC(=NC)NCCCn2cccn2)CCC1.I. The van der Waals surface area contributed by atoms with Gasteiger partial charge in [0.05, 0.1) is 0 Å². The van der Waals surface area contributed by atoms with Crippen LogP contribution in [0.25, 0.3) is 0 Å². The lowest BCUT2D eigenvalue weighted by Gasteiger charge is -2.41. The van der Waals surface area contributed by atoms with Crippen LogP contribution in [-0.4, -0.2) is 35.9 Å². The Morgan fingerprint density at radius 3 is 2.71 bits per heavy atom. The minimum absolute atomic E-state index is 0. The van der Waals surface area contributed by atoms with Crippen LogP contribution in [0.2, 0.25) is 0 Å². The average Bonchev–Trinajstić information content (AvgIpc) is 2.93. The smallest absolute Gasteiger partial charge is 0.190 e. The van der Waals surface area contributed by atoms with Crippen molar-refractivity contribution in [1.29, 1.82) is 0 Å². The van der Waals surface area contributed by atoms with Crippen molar-refractivity contribution < 1.29 is 0 Å². The van der Waals surface area contributed by atoms with Gasteiger partial charge in [-0.05, 0) is 37.2 Å². The maximum absolute atomic E-state index is 4.29. The van der Waals surface area contributed by atoms with E-state index in [2.05, 4.69) is 27.6 Å². The molecule has 0 spiro atoms. The Morgan fingerprint density at radius 1 is 1.38 bits per heavy atom. The molecule has 1 fully saturated rings. The van der Waals surface area contributed by atoms with Crippen LogP contribution in [0.4, 0.5) is 0 Å². The Kier molecular flexibility index (Phi) is 8.06. The molecular formula is C15H28IN5. The highest BCUT2D eigenvalue weighted by molar-refractivity contribution is 14.0. The number of guanidine groups is 1. The highest BCUT2D eigenvalue weighted by Gasteiger charge is 2.34. The van der Waals surface area contributed by atoms with Gasteiger partial charge in [0, 0.05) is 39.1 Å². The molecule has 21 heavy (non-hydrogen) atoms. The highest BCUT2D eigenvalue weighted by atomic mass is 127. The lowest BCUT2D eigenvalue weighted by Crippen LogP contribution is -2.46. The van der Waals surface area contributed by atoms with Crippen molar-refractivity contribution in [3.05, 3.63) is 18.5 Å². The molecule has 1 aliphatic carbocycles. The summed E-state index contributed by atoms with van der Waals surface area (Å²) in [6.45, 7) is 5.19. The molecule has 0 aliphatic heterocycles. The second-order valence-electron chi connectivity index (χ2n) is 5.68. The summed E-state index contributed by atoms with van der Waals surface area (Å²) in [5, 5.41) is 11.0. The maximum Gasteiger partial charge on any atom is 0.190 e. The normalized spacial score (nSPS) is 16.8. The number of aliphatic imine (C=N–C) groups is 1. The van der Waals surface area contributed by atoms with Gasteiger partial charge in [-0.2, -0.15) is 5.10 Å². The number of aryl methyl sites for hydroxylation is 1. The molecule has 1 aliphatic rings. The molecule has 2 rings (SSSR count). The molecule has 1 aromatic heterocycles. The fourth-order valence-corrected chi connectivity index (χ4v) is 2.70. The van der Waals surface area contributed by atoms with Crippen LogP contribution in [-0.2, 0) is 6.54 Å². The quantitative estimate of drug-likeness (QED) is 0.318. The average molecular weight is 405 g/mol. The Balaban J connectivity index is 0.00000220. The van der Waals surface area contributed by atoms with E-state index in [1.54, 1.807) is 0 Å². The van der Waals surface area contributed by atoms with E-state index in [4.69, 9.17) is 0 Å². The summed E-state index contributed by atoms with van der Waals surface area (Å²) in [4.78, 5) is 4.29. The van der Waals surface area contributed by atoms with Crippen LogP contribution >= 0.6 is 24.0 Å². The van der Waals surface area contributed by atoms with Gasteiger partial charge in [-0.1, -0.05) is 13.3 Å². The lowest BCUT2D eigenvalue weighted by atomic mass is 9.67. The van der Waals surface area contributed by atoms with Gasteiger partial charge in [0.2, 0.25) is 0 Å². The molecule has 0 aromatic carbocycles. The fraction of sp³-hybridized carbons (Fsp3) is 0.733. The monoisotopic (exact) mass is 405 g/mol. The Morgan fingerprint density at radius 2 is 2.19 bits per heavy atom. The van der Waals surface area contributed by atoms with Crippen molar-refractivity contribution in [2.75, 3.05) is 20.1 Å². The van der Waals surface area contributed by atoms with Gasteiger partial charge in [0.1, 0.15) is 0 Å². The van der Waals surface area contributed by atoms with Crippen molar-refractivity contribution >= 4 is 29.9 Å². The molecule has 0 unspecified atom stereocenters. The van der Waals surface area contributed by atoms with Crippen LogP contribution in [0.15, 0.2) is 23.5 Å². The second-order valence-corrected chi connectivity index (χ2v) is 5.68. The zero-order valence-electron chi connectivity index (χ0n) is 13.1. The zero-order valence-corrected chi connectivity index (χ0v) is 15.5. The summed E-state index contributed by atoms with van der Waals surface area (Å²) in [6, 6.07) is 1.96. The standard InChI is InChI=1S/C15H27N5.HI/c1-3-15(7-4-8-15)13-18-14(16-2)17-9-5-11-20-12-6-10-19-20;/h6,10,12H,3-5,7-9,11,13H2,1-2H3,(H2,16,17,18);1H. The summed E-state index contributed by atoms with van der Waals surface area (Å²) >= 11 is 0. The van der Waals surface area contributed by atoms with Gasteiger partial charge in [-0.3, -0.25) is 9.67 Å². The number of hydrogen-bond donors (Lipinski definition) is 2. The summed E-state index contributed by atoms with van der Waals surface area (Å²) in [7, 11) is 1.84. The van der Waals surface area contributed by atoms with Crippen molar-refractivity contribution in [2.45, 2.75) is 45.6 Å². The first-order valence-electron chi connectivity index (χ1n) is 7.70. The van der Waals surface area contributed by atoms with E-state index in [0.29, 0.717) is 5.41 Å². The van der Waals surface area contributed by atoms with E-state index in [1.165, 1.54) is 25.7 Å². The number of rotatable bonds is 7. The summed E-state index contributed by atoms with van der Waals surface area (Å²) in [6.07, 6.45) is 10.2. The predicted molar refractivity (Wildman–Crippen MR) is 98.2 cm³/mol. The molecule has 1 saturated carbocycles. The van der Waals surface area contributed by atoms with E-state index < -0.39 is 0 Å². The second kappa shape index (κ2) is 9.27. The van der Waals surface area contributed by atoms with E-state index in [0.717, 1.165) is 32.0 Å². The van der Waals surface area contributed by atoms with Gasteiger partial charge >= 0.3 is 0 Å².